The highest BCUT2D eigenvalue weighted by Crippen LogP contribution is 2.32. The summed E-state index contributed by atoms with van der Waals surface area (Å²) in [5, 5.41) is 2.09. The molecule has 2 aromatic carbocycles. The summed E-state index contributed by atoms with van der Waals surface area (Å²) >= 11 is 0.821. The highest BCUT2D eigenvalue weighted by Gasteiger charge is 2.34. The molecule has 1 N–H and O–H groups in total. The summed E-state index contributed by atoms with van der Waals surface area (Å²) in [7, 11) is 0. The van der Waals surface area contributed by atoms with Crippen LogP contribution in [0.3, 0.4) is 0 Å². The van der Waals surface area contributed by atoms with Crippen LogP contribution in [0.5, 0.6) is 0 Å². The lowest BCUT2D eigenvalue weighted by Gasteiger charge is -2.13. The van der Waals surface area contributed by atoms with Crippen LogP contribution in [0.2, 0.25) is 0 Å². The molecule has 1 heterocycles. The van der Waals surface area contributed by atoms with E-state index >= 15 is 0 Å². The average molecular weight is 434 g/mol. The maximum Gasteiger partial charge on any atom is 0.416 e. The molecule has 0 spiro atoms. The van der Waals surface area contributed by atoms with Gasteiger partial charge in [0.15, 0.2) is 0 Å². The molecule has 1 aliphatic heterocycles. The molecule has 5 nitrogen and oxygen atoms in total. The van der Waals surface area contributed by atoms with Crippen LogP contribution in [0.15, 0.2) is 59.5 Å². The van der Waals surface area contributed by atoms with Crippen LogP contribution < -0.4 is 5.32 Å². The number of alkyl halides is 3. The number of hydrogen-bond acceptors (Lipinski definition) is 4. The van der Waals surface area contributed by atoms with Gasteiger partial charge in [0.05, 0.1) is 16.9 Å². The van der Waals surface area contributed by atoms with Crippen molar-refractivity contribution in [3.63, 3.8) is 0 Å². The fraction of sp³-hybridized carbons (Fsp3) is 0.190. The number of nitrogens with zero attached hydrogens (tertiary/aromatic N) is 1. The third kappa shape index (κ3) is 5.50. The zero-order valence-corrected chi connectivity index (χ0v) is 16.4. The van der Waals surface area contributed by atoms with Gasteiger partial charge in [-0.2, -0.15) is 13.2 Å². The smallest absolute Gasteiger partial charge is 0.354 e. The van der Waals surface area contributed by atoms with Crippen molar-refractivity contribution in [3.8, 4) is 0 Å². The average Bonchev–Trinajstić information content (AvgIpc) is 2.95. The molecule has 0 aromatic heterocycles. The van der Waals surface area contributed by atoms with E-state index in [1.807, 2.05) is 30.3 Å². The second-order valence-electron chi connectivity index (χ2n) is 6.47. The Kier molecular flexibility index (Phi) is 6.61. The van der Waals surface area contributed by atoms with Crippen LogP contribution in [-0.2, 0) is 22.2 Å². The number of hydrogen-bond donors (Lipinski definition) is 1. The SMILES string of the molecule is O=C(Cc1cccc(C(F)(F)F)c1)NCCN1C(=O)SC(=Cc2ccccc2)C1=O. The highest BCUT2D eigenvalue weighted by molar-refractivity contribution is 8.18. The van der Waals surface area contributed by atoms with Crippen molar-refractivity contribution in [2.75, 3.05) is 13.1 Å². The number of imide groups is 1. The van der Waals surface area contributed by atoms with Gasteiger partial charge in [0, 0.05) is 13.1 Å². The molecule has 1 aliphatic rings. The van der Waals surface area contributed by atoms with Crippen molar-refractivity contribution in [2.45, 2.75) is 12.6 Å². The number of benzene rings is 2. The number of halogens is 3. The fourth-order valence-corrected chi connectivity index (χ4v) is 3.67. The Bertz CT molecular complexity index is 990. The van der Waals surface area contributed by atoms with Crippen molar-refractivity contribution in [2.24, 2.45) is 0 Å². The van der Waals surface area contributed by atoms with E-state index in [0.29, 0.717) is 4.91 Å². The third-order valence-corrected chi connectivity index (χ3v) is 5.15. The molecule has 0 aliphatic carbocycles. The molecule has 0 atom stereocenters. The van der Waals surface area contributed by atoms with E-state index < -0.39 is 28.8 Å². The van der Waals surface area contributed by atoms with Crippen LogP contribution in [-0.4, -0.2) is 35.0 Å². The highest BCUT2D eigenvalue weighted by atomic mass is 32.2. The molecular weight excluding hydrogens is 417 g/mol. The molecule has 0 saturated carbocycles. The number of carbonyl (C=O) groups excluding carboxylic acids is 3. The van der Waals surface area contributed by atoms with Crippen LogP contribution >= 0.6 is 11.8 Å². The first kappa shape index (κ1) is 21.6. The van der Waals surface area contributed by atoms with Gasteiger partial charge in [-0.1, -0.05) is 48.5 Å². The third-order valence-electron chi connectivity index (χ3n) is 4.25. The molecule has 1 saturated heterocycles. The van der Waals surface area contributed by atoms with Crippen molar-refractivity contribution >= 4 is 34.9 Å². The first-order chi connectivity index (χ1) is 14.2. The maximum atomic E-state index is 12.7. The van der Waals surface area contributed by atoms with Gasteiger partial charge in [0.25, 0.3) is 11.1 Å². The molecule has 0 bridgehead atoms. The lowest BCUT2D eigenvalue weighted by molar-refractivity contribution is -0.137. The molecule has 0 unspecified atom stereocenters. The van der Waals surface area contributed by atoms with Gasteiger partial charge in [-0.05, 0) is 35.0 Å². The van der Waals surface area contributed by atoms with Gasteiger partial charge in [-0.25, -0.2) is 0 Å². The normalized spacial score (nSPS) is 15.7. The second-order valence-corrected chi connectivity index (χ2v) is 7.46. The van der Waals surface area contributed by atoms with Crippen molar-refractivity contribution < 1.29 is 27.6 Å². The van der Waals surface area contributed by atoms with E-state index in [9.17, 15) is 27.6 Å². The monoisotopic (exact) mass is 434 g/mol. The van der Waals surface area contributed by atoms with E-state index in [2.05, 4.69) is 5.32 Å². The predicted molar refractivity (Wildman–Crippen MR) is 107 cm³/mol. The van der Waals surface area contributed by atoms with Gasteiger partial charge in [0.2, 0.25) is 5.91 Å². The summed E-state index contributed by atoms with van der Waals surface area (Å²) < 4.78 is 38.2. The van der Waals surface area contributed by atoms with Gasteiger partial charge in [0.1, 0.15) is 0 Å². The van der Waals surface area contributed by atoms with E-state index in [0.717, 1.165) is 34.4 Å². The Morgan fingerprint density at radius 2 is 1.80 bits per heavy atom. The summed E-state index contributed by atoms with van der Waals surface area (Å²) in [6, 6.07) is 13.6. The number of thioether (sulfide) groups is 1. The Labute approximate surface area is 174 Å². The van der Waals surface area contributed by atoms with Crippen LogP contribution in [0.1, 0.15) is 16.7 Å². The summed E-state index contributed by atoms with van der Waals surface area (Å²) in [6.07, 6.45) is -3.09. The summed E-state index contributed by atoms with van der Waals surface area (Å²) in [5.74, 6) is -0.942. The number of nitrogens with one attached hydrogen (secondary N) is 1. The fourth-order valence-electron chi connectivity index (χ4n) is 2.81. The minimum atomic E-state index is -4.48. The summed E-state index contributed by atoms with van der Waals surface area (Å²) in [5.41, 5.74) is 0.187. The van der Waals surface area contributed by atoms with Crippen LogP contribution in [0, 0.1) is 0 Å². The Hall–Kier alpha value is -3.07. The molecule has 30 heavy (non-hydrogen) atoms. The first-order valence-electron chi connectivity index (χ1n) is 8.97. The number of rotatable bonds is 6. The summed E-state index contributed by atoms with van der Waals surface area (Å²) in [6.45, 7) is -0.0143. The van der Waals surface area contributed by atoms with Gasteiger partial charge >= 0.3 is 6.18 Å². The van der Waals surface area contributed by atoms with Gasteiger partial charge < -0.3 is 5.32 Å². The molecule has 3 rings (SSSR count). The molecule has 9 heteroatoms. The van der Waals surface area contributed by atoms with E-state index in [1.54, 1.807) is 6.08 Å². The number of amides is 3. The Morgan fingerprint density at radius 1 is 1.07 bits per heavy atom. The van der Waals surface area contributed by atoms with Gasteiger partial charge in [-0.3, -0.25) is 19.3 Å². The van der Waals surface area contributed by atoms with E-state index in [4.69, 9.17) is 0 Å². The van der Waals surface area contributed by atoms with Crippen LogP contribution in [0.4, 0.5) is 18.0 Å². The molecule has 3 amide bonds. The zero-order chi connectivity index (χ0) is 21.7. The molecular formula is C21H17F3N2O3S. The topological polar surface area (TPSA) is 66.5 Å². The number of carbonyl (C=O) groups is 3. The Balaban J connectivity index is 1.52. The summed E-state index contributed by atoms with van der Waals surface area (Å²) in [4.78, 5) is 37.8. The molecule has 0 radical (unpaired) electrons. The van der Waals surface area contributed by atoms with Crippen molar-refractivity contribution in [3.05, 3.63) is 76.2 Å². The van der Waals surface area contributed by atoms with Crippen molar-refractivity contribution in [1.29, 1.82) is 0 Å². The van der Waals surface area contributed by atoms with Crippen LogP contribution in [0.25, 0.3) is 6.08 Å². The zero-order valence-electron chi connectivity index (χ0n) is 15.6. The standard InChI is InChI=1S/C21H17F3N2O3S/c22-21(23,24)16-8-4-7-15(11-16)13-18(27)25-9-10-26-19(28)17(30-20(26)29)12-14-5-2-1-3-6-14/h1-8,11-12H,9-10,13H2,(H,25,27). The lowest BCUT2D eigenvalue weighted by Crippen LogP contribution is -2.37. The molecule has 1 fully saturated rings. The minimum absolute atomic E-state index is 0.00838. The second kappa shape index (κ2) is 9.17. The van der Waals surface area contributed by atoms with E-state index in [1.165, 1.54) is 12.1 Å². The minimum Gasteiger partial charge on any atom is -0.354 e. The quantitative estimate of drug-likeness (QED) is 0.696. The predicted octanol–water partition coefficient (Wildman–Crippen LogP) is 4.10. The lowest BCUT2D eigenvalue weighted by atomic mass is 10.1. The maximum absolute atomic E-state index is 12.7. The first-order valence-corrected chi connectivity index (χ1v) is 9.79. The Morgan fingerprint density at radius 3 is 2.50 bits per heavy atom. The molecule has 2 aromatic rings. The van der Waals surface area contributed by atoms with Gasteiger partial charge in [-0.15, -0.1) is 0 Å². The van der Waals surface area contributed by atoms with E-state index in [-0.39, 0.29) is 25.1 Å². The van der Waals surface area contributed by atoms with Crippen molar-refractivity contribution in [1.82, 2.24) is 10.2 Å². The largest absolute Gasteiger partial charge is 0.416 e. The molecule has 156 valence electrons.